The Morgan fingerprint density at radius 2 is 2.00 bits per heavy atom. The van der Waals surface area contributed by atoms with Crippen molar-refractivity contribution in [2.24, 2.45) is 5.92 Å². The number of benzene rings is 1. The predicted molar refractivity (Wildman–Crippen MR) is 86.3 cm³/mol. The minimum absolute atomic E-state index is 0.613. The number of hydrogen-bond acceptors (Lipinski definition) is 4. The van der Waals surface area contributed by atoms with E-state index in [4.69, 9.17) is 21.1 Å². The van der Waals surface area contributed by atoms with Crippen molar-refractivity contribution in [2.45, 2.75) is 19.4 Å². The molecule has 2 rings (SSSR count). The van der Waals surface area contributed by atoms with Crippen LogP contribution in [0.4, 0.5) is 0 Å². The zero-order chi connectivity index (χ0) is 14.4. The zero-order valence-corrected chi connectivity index (χ0v) is 13.6. The summed E-state index contributed by atoms with van der Waals surface area (Å²) >= 11 is 8.43. The number of hydrogen-bond donors (Lipinski definition) is 1. The molecule has 0 bridgehead atoms. The Bertz CT molecular complexity index is 436. The van der Waals surface area contributed by atoms with Crippen LogP contribution in [0.1, 0.15) is 18.4 Å². The summed E-state index contributed by atoms with van der Waals surface area (Å²) < 4.78 is 10.6. The van der Waals surface area contributed by atoms with Gasteiger partial charge in [-0.05, 0) is 48.4 Å². The highest BCUT2D eigenvalue weighted by Crippen LogP contribution is 2.37. The maximum atomic E-state index is 6.37. The normalized spacial score (nSPS) is 16.1. The zero-order valence-electron chi connectivity index (χ0n) is 12.1. The molecule has 0 unspecified atom stereocenters. The maximum absolute atomic E-state index is 6.37. The molecule has 1 fully saturated rings. The van der Waals surface area contributed by atoms with Crippen molar-refractivity contribution >= 4 is 23.4 Å². The molecule has 20 heavy (non-hydrogen) atoms. The van der Waals surface area contributed by atoms with Crippen LogP contribution in [-0.2, 0) is 6.54 Å². The lowest BCUT2D eigenvalue weighted by Crippen LogP contribution is -2.25. The number of ether oxygens (including phenoxy) is 2. The molecule has 0 radical (unpaired) electrons. The van der Waals surface area contributed by atoms with Crippen molar-refractivity contribution in [1.29, 1.82) is 0 Å². The Morgan fingerprint density at radius 1 is 1.25 bits per heavy atom. The molecular weight excluding hydrogens is 294 g/mol. The fraction of sp³-hybridized carbons (Fsp3) is 0.600. The first-order chi connectivity index (χ1) is 9.76. The summed E-state index contributed by atoms with van der Waals surface area (Å²) in [5.41, 5.74) is 1.05. The third kappa shape index (κ3) is 3.96. The summed E-state index contributed by atoms with van der Waals surface area (Å²) in [7, 11) is 3.23. The number of methoxy groups -OCH3 is 2. The molecule has 112 valence electrons. The van der Waals surface area contributed by atoms with Crippen molar-refractivity contribution in [3.8, 4) is 11.5 Å². The highest BCUT2D eigenvalue weighted by Gasteiger charge is 2.15. The molecule has 0 atom stereocenters. The Labute approximate surface area is 130 Å². The van der Waals surface area contributed by atoms with Crippen molar-refractivity contribution in [2.75, 3.05) is 32.3 Å². The fourth-order valence-electron chi connectivity index (χ4n) is 2.43. The minimum atomic E-state index is 0.613. The second kappa shape index (κ2) is 8.01. The first-order valence-corrected chi connectivity index (χ1v) is 8.47. The summed E-state index contributed by atoms with van der Waals surface area (Å²) in [6.45, 7) is 1.83. The summed E-state index contributed by atoms with van der Waals surface area (Å²) in [5.74, 6) is 4.68. The Hall–Kier alpha value is -0.580. The molecule has 0 aromatic heterocycles. The predicted octanol–water partition coefficient (Wildman–Crippen LogP) is 3.59. The largest absolute Gasteiger partial charge is 0.493 e. The summed E-state index contributed by atoms with van der Waals surface area (Å²) in [5, 5.41) is 4.15. The Balaban J connectivity index is 1.92. The van der Waals surface area contributed by atoms with Gasteiger partial charge >= 0.3 is 0 Å². The molecule has 1 heterocycles. The second-order valence-electron chi connectivity index (χ2n) is 4.96. The molecule has 5 heteroatoms. The first kappa shape index (κ1) is 15.8. The van der Waals surface area contributed by atoms with Crippen LogP contribution in [0.15, 0.2) is 12.1 Å². The van der Waals surface area contributed by atoms with Crippen molar-refractivity contribution < 1.29 is 9.47 Å². The lowest BCUT2D eigenvalue weighted by Gasteiger charge is -2.22. The number of halogens is 1. The topological polar surface area (TPSA) is 30.5 Å². The molecule has 1 saturated heterocycles. The summed E-state index contributed by atoms with van der Waals surface area (Å²) in [6.07, 6.45) is 2.63. The van der Waals surface area contributed by atoms with Crippen molar-refractivity contribution in [1.82, 2.24) is 5.32 Å². The smallest absolute Gasteiger partial charge is 0.179 e. The van der Waals surface area contributed by atoms with Gasteiger partial charge in [-0.2, -0.15) is 11.8 Å². The van der Waals surface area contributed by atoms with Crippen LogP contribution in [0.3, 0.4) is 0 Å². The Morgan fingerprint density at radius 3 is 2.65 bits per heavy atom. The van der Waals surface area contributed by atoms with Gasteiger partial charge in [0.15, 0.2) is 11.5 Å². The first-order valence-electron chi connectivity index (χ1n) is 6.94. The van der Waals surface area contributed by atoms with Crippen molar-refractivity contribution in [3.05, 3.63) is 22.7 Å². The van der Waals surface area contributed by atoms with Gasteiger partial charge in [0.25, 0.3) is 0 Å². The molecule has 0 aliphatic carbocycles. The highest BCUT2D eigenvalue weighted by molar-refractivity contribution is 7.99. The van der Waals surface area contributed by atoms with E-state index in [0.717, 1.165) is 24.6 Å². The fourth-order valence-corrected chi connectivity index (χ4v) is 3.93. The average molecular weight is 316 g/mol. The van der Waals surface area contributed by atoms with E-state index in [1.165, 1.54) is 24.3 Å². The van der Waals surface area contributed by atoms with Gasteiger partial charge in [-0.25, -0.2) is 0 Å². The van der Waals surface area contributed by atoms with Crippen LogP contribution in [0.5, 0.6) is 11.5 Å². The van der Waals surface area contributed by atoms with Gasteiger partial charge < -0.3 is 14.8 Å². The van der Waals surface area contributed by atoms with Gasteiger partial charge in [0.05, 0.1) is 19.2 Å². The number of thioether (sulfide) groups is 1. The molecule has 0 amide bonds. The van der Waals surface area contributed by atoms with E-state index < -0.39 is 0 Å². The highest BCUT2D eigenvalue weighted by atomic mass is 35.5. The number of rotatable bonds is 6. The van der Waals surface area contributed by atoms with E-state index in [-0.39, 0.29) is 0 Å². The average Bonchev–Trinajstić information content (AvgIpc) is 2.49. The van der Waals surface area contributed by atoms with Crippen LogP contribution in [0, 0.1) is 5.92 Å². The van der Waals surface area contributed by atoms with Gasteiger partial charge in [0.2, 0.25) is 0 Å². The van der Waals surface area contributed by atoms with Crippen LogP contribution in [0.2, 0.25) is 5.02 Å². The molecule has 3 nitrogen and oxygen atoms in total. The molecule has 0 saturated carbocycles. The molecule has 1 aromatic carbocycles. The van der Waals surface area contributed by atoms with Crippen LogP contribution < -0.4 is 14.8 Å². The minimum Gasteiger partial charge on any atom is -0.493 e. The van der Waals surface area contributed by atoms with Crippen molar-refractivity contribution in [3.63, 3.8) is 0 Å². The number of nitrogens with one attached hydrogen (secondary N) is 1. The molecule has 1 aromatic rings. The van der Waals surface area contributed by atoms with Crippen LogP contribution in [0.25, 0.3) is 0 Å². The maximum Gasteiger partial charge on any atom is 0.179 e. The van der Waals surface area contributed by atoms with Gasteiger partial charge in [-0.15, -0.1) is 0 Å². The SMILES string of the molecule is COc1ccc(CNCC2CCSCC2)c(Cl)c1OC. The summed E-state index contributed by atoms with van der Waals surface area (Å²) in [6, 6.07) is 3.90. The van der Waals surface area contributed by atoms with E-state index in [2.05, 4.69) is 17.1 Å². The molecule has 0 spiro atoms. The summed E-state index contributed by atoms with van der Waals surface area (Å²) in [4.78, 5) is 0. The standard InChI is InChI=1S/C15H22ClNO2S/c1-18-13-4-3-12(14(16)15(13)19-2)10-17-9-11-5-7-20-8-6-11/h3-4,11,17H,5-10H2,1-2H3. The van der Waals surface area contributed by atoms with E-state index in [0.29, 0.717) is 16.5 Å². The van der Waals surface area contributed by atoms with E-state index in [1.54, 1.807) is 14.2 Å². The lowest BCUT2D eigenvalue weighted by atomic mass is 10.0. The van der Waals surface area contributed by atoms with E-state index in [9.17, 15) is 0 Å². The van der Waals surface area contributed by atoms with Gasteiger partial charge in [-0.3, -0.25) is 0 Å². The molecule has 1 aliphatic heterocycles. The van der Waals surface area contributed by atoms with Gasteiger partial charge in [-0.1, -0.05) is 17.7 Å². The monoisotopic (exact) mass is 315 g/mol. The lowest BCUT2D eigenvalue weighted by molar-refractivity contribution is 0.354. The van der Waals surface area contributed by atoms with Gasteiger partial charge in [0, 0.05) is 6.54 Å². The molecular formula is C15H22ClNO2S. The van der Waals surface area contributed by atoms with E-state index in [1.807, 2.05) is 12.1 Å². The van der Waals surface area contributed by atoms with Crippen LogP contribution >= 0.6 is 23.4 Å². The Kier molecular flexibility index (Phi) is 6.33. The quantitative estimate of drug-likeness (QED) is 0.869. The van der Waals surface area contributed by atoms with E-state index >= 15 is 0 Å². The second-order valence-corrected chi connectivity index (χ2v) is 6.56. The molecule has 1 aliphatic rings. The van der Waals surface area contributed by atoms with Gasteiger partial charge in [0.1, 0.15) is 0 Å². The van der Waals surface area contributed by atoms with Crippen LogP contribution in [-0.4, -0.2) is 32.3 Å². The third-order valence-corrected chi connectivity index (χ3v) is 5.12. The third-order valence-electron chi connectivity index (χ3n) is 3.65. The molecule has 1 N–H and O–H groups in total.